The summed E-state index contributed by atoms with van der Waals surface area (Å²) in [4.78, 5) is 4.93. The molecule has 1 aromatic heterocycles. The molecule has 6 heteroatoms. The second-order valence-electron chi connectivity index (χ2n) is 4.16. The number of nitrogens with one attached hydrogen (secondary N) is 1. The van der Waals surface area contributed by atoms with Crippen molar-refractivity contribution < 1.29 is 9.47 Å². The van der Waals surface area contributed by atoms with Crippen LogP contribution in [0.1, 0.15) is 18.2 Å². The Morgan fingerprint density at radius 3 is 2.80 bits per heavy atom. The first-order valence-electron chi connectivity index (χ1n) is 6.27. The van der Waals surface area contributed by atoms with Crippen molar-refractivity contribution in [2.24, 2.45) is 5.73 Å². The van der Waals surface area contributed by atoms with Gasteiger partial charge in [0.05, 0.1) is 18.6 Å². The molecular weight excluding hydrogens is 274 g/mol. The van der Waals surface area contributed by atoms with Crippen molar-refractivity contribution in [3.8, 4) is 22.1 Å². The Hall–Kier alpha value is -2.08. The number of rotatable bonds is 6. The van der Waals surface area contributed by atoms with Crippen LogP contribution in [-0.4, -0.2) is 24.5 Å². The lowest BCUT2D eigenvalue weighted by atomic mass is 10.2. The van der Waals surface area contributed by atoms with Gasteiger partial charge in [0.1, 0.15) is 10.8 Å². The third kappa shape index (κ3) is 3.08. The standard InChI is InChI=1S/C14H17N3O2S/c1-3-6-19-10-5-4-9(7-11(10)18-2)14-17-8-12(20-14)13(15)16/h4-5,7-8H,3,6H2,1-2H3,(H3,15,16). The van der Waals surface area contributed by atoms with E-state index in [9.17, 15) is 0 Å². The number of nitrogens with zero attached hydrogens (tertiary/aromatic N) is 1. The van der Waals surface area contributed by atoms with E-state index < -0.39 is 0 Å². The molecule has 2 aromatic rings. The maximum Gasteiger partial charge on any atom is 0.161 e. The minimum Gasteiger partial charge on any atom is -0.493 e. The van der Waals surface area contributed by atoms with Gasteiger partial charge in [-0.25, -0.2) is 4.98 Å². The van der Waals surface area contributed by atoms with E-state index in [-0.39, 0.29) is 5.84 Å². The second kappa shape index (κ2) is 6.38. The van der Waals surface area contributed by atoms with E-state index in [1.165, 1.54) is 11.3 Å². The number of nitrogens with two attached hydrogens (primary N) is 1. The van der Waals surface area contributed by atoms with Crippen LogP contribution in [0.5, 0.6) is 11.5 Å². The molecule has 0 atom stereocenters. The van der Waals surface area contributed by atoms with Gasteiger partial charge in [-0.05, 0) is 24.6 Å². The number of benzene rings is 1. The first kappa shape index (κ1) is 14.3. The van der Waals surface area contributed by atoms with E-state index in [0.29, 0.717) is 17.2 Å². The molecule has 0 aliphatic carbocycles. The second-order valence-corrected chi connectivity index (χ2v) is 5.19. The fourth-order valence-corrected chi connectivity index (χ4v) is 2.44. The van der Waals surface area contributed by atoms with Gasteiger partial charge in [0.2, 0.25) is 0 Å². The van der Waals surface area contributed by atoms with Crippen LogP contribution in [0.3, 0.4) is 0 Å². The Labute approximate surface area is 121 Å². The maximum atomic E-state index is 7.40. The first-order chi connectivity index (χ1) is 9.65. The molecule has 2 rings (SSSR count). The number of hydrogen-bond donors (Lipinski definition) is 2. The number of nitrogen functional groups attached to an aromatic ring is 1. The zero-order valence-corrected chi connectivity index (χ0v) is 12.3. The summed E-state index contributed by atoms with van der Waals surface area (Å²) >= 11 is 1.38. The molecular formula is C14H17N3O2S. The molecule has 0 aliphatic heterocycles. The zero-order valence-electron chi connectivity index (χ0n) is 11.5. The van der Waals surface area contributed by atoms with Gasteiger partial charge >= 0.3 is 0 Å². The lowest BCUT2D eigenvalue weighted by molar-refractivity contribution is 0.294. The van der Waals surface area contributed by atoms with E-state index in [1.807, 2.05) is 18.2 Å². The van der Waals surface area contributed by atoms with Gasteiger partial charge in [-0.1, -0.05) is 6.92 Å². The van der Waals surface area contributed by atoms with Crippen molar-refractivity contribution in [1.82, 2.24) is 4.98 Å². The van der Waals surface area contributed by atoms with Crippen LogP contribution in [0.2, 0.25) is 0 Å². The summed E-state index contributed by atoms with van der Waals surface area (Å²) in [5.74, 6) is 1.43. The van der Waals surface area contributed by atoms with Gasteiger partial charge in [-0.15, -0.1) is 11.3 Å². The van der Waals surface area contributed by atoms with Gasteiger partial charge < -0.3 is 15.2 Å². The lowest BCUT2D eigenvalue weighted by Gasteiger charge is -2.10. The van der Waals surface area contributed by atoms with E-state index in [4.69, 9.17) is 20.6 Å². The van der Waals surface area contributed by atoms with Crippen LogP contribution in [0.15, 0.2) is 24.4 Å². The molecule has 5 nitrogen and oxygen atoms in total. The van der Waals surface area contributed by atoms with Crippen molar-refractivity contribution in [3.05, 3.63) is 29.3 Å². The monoisotopic (exact) mass is 291 g/mol. The first-order valence-corrected chi connectivity index (χ1v) is 7.08. The number of hydrogen-bond acceptors (Lipinski definition) is 5. The Balaban J connectivity index is 2.30. The molecule has 106 valence electrons. The smallest absolute Gasteiger partial charge is 0.161 e. The van der Waals surface area contributed by atoms with Gasteiger partial charge in [-0.3, -0.25) is 5.41 Å². The summed E-state index contributed by atoms with van der Waals surface area (Å²) in [5, 5.41) is 8.20. The van der Waals surface area contributed by atoms with Crippen LogP contribution < -0.4 is 15.2 Å². The fourth-order valence-electron chi connectivity index (χ4n) is 1.66. The summed E-state index contributed by atoms with van der Waals surface area (Å²) in [5.41, 5.74) is 6.37. The van der Waals surface area contributed by atoms with Crippen molar-refractivity contribution in [2.75, 3.05) is 13.7 Å². The predicted molar refractivity (Wildman–Crippen MR) is 80.9 cm³/mol. The minimum atomic E-state index is 0.0311. The molecule has 1 heterocycles. The number of thiazole rings is 1. The van der Waals surface area contributed by atoms with Crippen LogP contribution in [-0.2, 0) is 0 Å². The zero-order chi connectivity index (χ0) is 14.5. The summed E-state index contributed by atoms with van der Waals surface area (Å²) in [6, 6.07) is 5.68. The third-order valence-electron chi connectivity index (χ3n) is 2.64. The fraction of sp³-hybridized carbons (Fsp3) is 0.286. The van der Waals surface area contributed by atoms with E-state index in [1.54, 1.807) is 13.3 Å². The molecule has 0 saturated heterocycles. The van der Waals surface area contributed by atoms with E-state index in [0.717, 1.165) is 22.7 Å². The average molecular weight is 291 g/mol. The van der Waals surface area contributed by atoms with E-state index in [2.05, 4.69) is 11.9 Å². The maximum absolute atomic E-state index is 7.40. The highest BCUT2D eigenvalue weighted by Crippen LogP contribution is 2.34. The minimum absolute atomic E-state index is 0.0311. The lowest BCUT2D eigenvalue weighted by Crippen LogP contribution is -2.08. The molecule has 0 aliphatic rings. The number of aromatic nitrogens is 1. The Kier molecular flexibility index (Phi) is 4.57. The van der Waals surface area contributed by atoms with Gasteiger partial charge in [0.15, 0.2) is 11.5 Å². The summed E-state index contributed by atoms with van der Waals surface area (Å²) in [7, 11) is 1.61. The largest absolute Gasteiger partial charge is 0.493 e. The molecule has 3 N–H and O–H groups in total. The van der Waals surface area contributed by atoms with Crippen LogP contribution >= 0.6 is 11.3 Å². The highest BCUT2D eigenvalue weighted by molar-refractivity contribution is 7.16. The van der Waals surface area contributed by atoms with Crippen LogP contribution in [0.25, 0.3) is 10.6 Å². The Morgan fingerprint density at radius 2 is 2.20 bits per heavy atom. The topological polar surface area (TPSA) is 81.2 Å². The number of amidine groups is 1. The number of methoxy groups -OCH3 is 1. The number of ether oxygens (including phenoxy) is 2. The quantitative estimate of drug-likeness (QED) is 0.633. The molecule has 0 unspecified atom stereocenters. The molecule has 0 radical (unpaired) electrons. The van der Waals surface area contributed by atoms with Gasteiger partial charge in [0, 0.05) is 11.8 Å². The van der Waals surface area contributed by atoms with Gasteiger partial charge in [-0.2, -0.15) is 0 Å². The van der Waals surface area contributed by atoms with E-state index >= 15 is 0 Å². The van der Waals surface area contributed by atoms with Crippen molar-refractivity contribution >= 4 is 17.2 Å². The molecule has 20 heavy (non-hydrogen) atoms. The highest BCUT2D eigenvalue weighted by atomic mass is 32.1. The molecule has 0 saturated carbocycles. The molecule has 0 spiro atoms. The molecule has 0 fully saturated rings. The molecule has 0 amide bonds. The van der Waals surface area contributed by atoms with Crippen molar-refractivity contribution in [2.45, 2.75) is 13.3 Å². The Morgan fingerprint density at radius 1 is 1.40 bits per heavy atom. The SMILES string of the molecule is CCCOc1ccc(-c2ncc(C(=N)N)s2)cc1OC. The highest BCUT2D eigenvalue weighted by Gasteiger charge is 2.11. The van der Waals surface area contributed by atoms with Crippen molar-refractivity contribution in [1.29, 1.82) is 5.41 Å². The summed E-state index contributed by atoms with van der Waals surface area (Å²) < 4.78 is 11.0. The average Bonchev–Trinajstić information content (AvgIpc) is 2.95. The molecule has 1 aromatic carbocycles. The normalized spacial score (nSPS) is 10.3. The predicted octanol–water partition coefficient (Wildman–Crippen LogP) is 2.89. The Bertz CT molecular complexity index is 610. The van der Waals surface area contributed by atoms with Crippen LogP contribution in [0, 0.1) is 5.41 Å². The summed E-state index contributed by atoms with van der Waals surface area (Å²) in [6.07, 6.45) is 2.55. The third-order valence-corrected chi connectivity index (χ3v) is 3.72. The summed E-state index contributed by atoms with van der Waals surface area (Å²) in [6.45, 7) is 2.71. The van der Waals surface area contributed by atoms with Gasteiger partial charge in [0.25, 0.3) is 0 Å². The van der Waals surface area contributed by atoms with Crippen molar-refractivity contribution in [3.63, 3.8) is 0 Å². The molecule has 0 bridgehead atoms. The van der Waals surface area contributed by atoms with Crippen LogP contribution in [0.4, 0.5) is 0 Å².